The van der Waals surface area contributed by atoms with E-state index in [1.165, 1.54) is 50.2 Å². The lowest BCUT2D eigenvalue weighted by molar-refractivity contribution is -0.137. The summed E-state index contributed by atoms with van der Waals surface area (Å²) >= 11 is 0.979. The predicted octanol–water partition coefficient (Wildman–Crippen LogP) is 4.97. The van der Waals surface area contributed by atoms with Crippen LogP contribution in [0.3, 0.4) is 0 Å². The number of alkyl halides is 3. The van der Waals surface area contributed by atoms with Gasteiger partial charge in [-0.15, -0.1) is 10.2 Å². The van der Waals surface area contributed by atoms with E-state index in [0.29, 0.717) is 22.9 Å². The van der Waals surface area contributed by atoms with Crippen molar-refractivity contribution in [3.63, 3.8) is 0 Å². The van der Waals surface area contributed by atoms with E-state index >= 15 is 0 Å². The molecule has 2 N–H and O–H groups in total. The number of anilines is 1. The average molecular weight is 602 g/mol. The zero-order valence-corrected chi connectivity index (χ0v) is 23.5. The van der Waals surface area contributed by atoms with Crippen molar-refractivity contribution in [3.05, 3.63) is 83.7 Å². The van der Waals surface area contributed by atoms with Gasteiger partial charge in [-0.2, -0.15) is 13.2 Å². The highest BCUT2D eigenvalue weighted by Gasteiger charge is 2.31. The van der Waals surface area contributed by atoms with Gasteiger partial charge < -0.3 is 24.8 Å². The number of nitrogens with zero attached hydrogens (tertiary/aromatic N) is 3. The van der Waals surface area contributed by atoms with Crippen LogP contribution in [0.1, 0.15) is 21.7 Å². The number of amides is 2. The molecule has 0 aliphatic heterocycles. The molecule has 0 unspecified atom stereocenters. The number of ether oxygens (including phenoxy) is 3. The van der Waals surface area contributed by atoms with Crippen LogP contribution < -0.4 is 24.8 Å². The number of halogens is 3. The Morgan fingerprint density at radius 3 is 2.31 bits per heavy atom. The molecule has 0 saturated carbocycles. The van der Waals surface area contributed by atoms with Crippen molar-refractivity contribution in [3.8, 4) is 22.9 Å². The van der Waals surface area contributed by atoms with E-state index in [9.17, 15) is 22.8 Å². The molecule has 0 radical (unpaired) electrons. The van der Waals surface area contributed by atoms with Crippen molar-refractivity contribution in [1.82, 2.24) is 20.1 Å². The van der Waals surface area contributed by atoms with Gasteiger partial charge in [0.1, 0.15) is 5.75 Å². The topological polar surface area (TPSA) is 117 Å². The van der Waals surface area contributed by atoms with E-state index in [4.69, 9.17) is 14.2 Å². The van der Waals surface area contributed by atoms with E-state index in [1.54, 1.807) is 30.3 Å². The van der Waals surface area contributed by atoms with E-state index in [-0.39, 0.29) is 40.4 Å². The normalized spacial score (nSPS) is 11.1. The Balaban J connectivity index is 1.56. The molecule has 4 aromatic rings. The standard InChI is InChI=1S/C28H26F3N5O5S/c1-39-21-10-8-19(9-11-21)33-25(37)16-42-27-35-34-24(36(27)20-6-4-5-18(14-20)28(29,30)31)15-32-26(38)17-7-12-22(40-2)23(13-17)41-3/h4-14H,15-16H2,1-3H3,(H,32,38)(H,33,37). The minimum atomic E-state index is -4.59. The van der Waals surface area contributed by atoms with E-state index in [1.807, 2.05) is 0 Å². The summed E-state index contributed by atoms with van der Waals surface area (Å²) in [7, 11) is 4.44. The van der Waals surface area contributed by atoms with E-state index < -0.39 is 17.6 Å². The van der Waals surface area contributed by atoms with Crippen molar-refractivity contribution in [2.75, 3.05) is 32.4 Å². The first kappa shape index (κ1) is 30.2. The van der Waals surface area contributed by atoms with Crippen LogP contribution in [0.25, 0.3) is 5.69 Å². The highest BCUT2D eigenvalue weighted by atomic mass is 32.2. The van der Waals surface area contributed by atoms with Crippen LogP contribution in [0.4, 0.5) is 18.9 Å². The molecule has 10 nitrogen and oxygen atoms in total. The number of hydrogen-bond acceptors (Lipinski definition) is 8. The summed E-state index contributed by atoms with van der Waals surface area (Å²) in [4.78, 5) is 25.5. The lowest BCUT2D eigenvalue weighted by Crippen LogP contribution is -2.25. The number of nitrogens with one attached hydrogen (secondary N) is 2. The first-order chi connectivity index (χ1) is 20.1. The van der Waals surface area contributed by atoms with Crippen molar-refractivity contribution in [2.45, 2.75) is 17.9 Å². The largest absolute Gasteiger partial charge is 0.497 e. The second kappa shape index (κ2) is 13.3. The molecule has 1 aromatic heterocycles. The number of carbonyl (C=O) groups is 2. The monoisotopic (exact) mass is 601 g/mol. The Morgan fingerprint density at radius 2 is 1.64 bits per heavy atom. The molecule has 0 aliphatic carbocycles. The zero-order valence-electron chi connectivity index (χ0n) is 22.7. The molecule has 14 heteroatoms. The summed E-state index contributed by atoms with van der Waals surface area (Å²) in [6.07, 6.45) is -4.59. The fourth-order valence-electron chi connectivity index (χ4n) is 3.83. The molecule has 4 rings (SSSR count). The average Bonchev–Trinajstić information content (AvgIpc) is 3.41. The molecule has 0 aliphatic rings. The molecule has 1 heterocycles. The van der Waals surface area contributed by atoms with Gasteiger partial charge in [-0.25, -0.2) is 0 Å². The second-order valence-electron chi connectivity index (χ2n) is 8.60. The summed E-state index contributed by atoms with van der Waals surface area (Å²) in [6.45, 7) is -0.172. The number of aromatic nitrogens is 3. The Morgan fingerprint density at radius 1 is 0.905 bits per heavy atom. The predicted molar refractivity (Wildman–Crippen MR) is 149 cm³/mol. The summed E-state index contributed by atoms with van der Waals surface area (Å²) in [5.74, 6) is 0.610. The molecular weight excluding hydrogens is 575 g/mol. The van der Waals surface area contributed by atoms with Crippen LogP contribution in [0.2, 0.25) is 0 Å². The van der Waals surface area contributed by atoms with Crippen LogP contribution in [0, 0.1) is 0 Å². The third-order valence-corrected chi connectivity index (χ3v) is 6.82. The first-order valence-corrected chi connectivity index (χ1v) is 13.3. The molecule has 3 aromatic carbocycles. The third kappa shape index (κ3) is 7.32. The maximum Gasteiger partial charge on any atom is 0.416 e. The van der Waals surface area contributed by atoms with Crippen LogP contribution in [-0.4, -0.2) is 53.7 Å². The molecule has 0 bridgehead atoms. The number of hydrogen-bond donors (Lipinski definition) is 2. The lowest BCUT2D eigenvalue weighted by Gasteiger charge is -2.14. The van der Waals surface area contributed by atoms with Crippen LogP contribution in [0.5, 0.6) is 17.2 Å². The number of thioether (sulfide) groups is 1. The van der Waals surface area contributed by atoms with Gasteiger partial charge in [0.05, 0.1) is 44.9 Å². The summed E-state index contributed by atoms with van der Waals surface area (Å²) < 4.78 is 57.4. The molecule has 0 atom stereocenters. The third-order valence-electron chi connectivity index (χ3n) is 5.89. The molecule has 220 valence electrons. The fourth-order valence-corrected chi connectivity index (χ4v) is 4.60. The Hall–Kier alpha value is -4.72. The number of rotatable bonds is 11. The molecule has 0 spiro atoms. The molecular formula is C28H26F3N5O5S. The smallest absolute Gasteiger partial charge is 0.416 e. The van der Waals surface area contributed by atoms with Crippen LogP contribution in [0.15, 0.2) is 71.9 Å². The van der Waals surface area contributed by atoms with Gasteiger partial charge >= 0.3 is 6.18 Å². The summed E-state index contributed by atoms with van der Waals surface area (Å²) in [6, 6.07) is 15.9. The molecule has 2 amide bonds. The van der Waals surface area contributed by atoms with Gasteiger partial charge in [-0.1, -0.05) is 17.8 Å². The molecule has 0 fully saturated rings. The highest BCUT2D eigenvalue weighted by molar-refractivity contribution is 7.99. The minimum Gasteiger partial charge on any atom is -0.497 e. The highest BCUT2D eigenvalue weighted by Crippen LogP contribution is 2.32. The zero-order chi connectivity index (χ0) is 30.3. The van der Waals surface area contributed by atoms with Crippen LogP contribution >= 0.6 is 11.8 Å². The van der Waals surface area contributed by atoms with Crippen molar-refractivity contribution in [1.29, 1.82) is 0 Å². The van der Waals surface area contributed by atoms with Crippen LogP contribution in [-0.2, 0) is 17.5 Å². The maximum atomic E-state index is 13.5. The Bertz CT molecular complexity index is 1560. The minimum absolute atomic E-state index is 0.110. The Kier molecular flexibility index (Phi) is 9.57. The van der Waals surface area contributed by atoms with E-state index in [2.05, 4.69) is 20.8 Å². The van der Waals surface area contributed by atoms with Gasteiger partial charge in [-0.3, -0.25) is 14.2 Å². The summed E-state index contributed by atoms with van der Waals surface area (Å²) in [5.41, 5.74) is 0.0485. The second-order valence-corrected chi connectivity index (χ2v) is 9.54. The molecule has 0 saturated heterocycles. The van der Waals surface area contributed by atoms with Gasteiger partial charge in [-0.05, 0) is 60.7 Å². The number of carbonyl (C=O) groups excluding carboxylic acids is 2. The van der Waals surface area contributed by atoms with E-state index in [0.717, 1.165) is 23.9 Å². The van der Waals surface area contributed by atoms with Gasteiger partial charge in [0, 0.05) is 11.3 Å². The first-order valence-electron chi connectivity index (χ1n) is 12.3. The van der Waals surface area contributed by atoms with Gasteiger partial charge in [0.2, 0.25) is 5.91 Å². The SMILES string of the molecule is COc1ccc(NC(=O)CSc2nnc(CNC(=O)c3ccc(OC)c(OC)c3)n2-c2cccc(C(F)(F)F)c2)cc1. The van der Waals surface area contributed by atoms with Crippen molar-refractivity contribution >= 4 is 29.3 Å². The van der Waals surface area contributed by atoms with Gasteiger partial charge in [0.25, 0.3) is 5.91 Å². The van der Waals surface area contributed by atoms with Crippen molar-refractivity contribution < 1.29 is 37.0 Å². The maximum absolute atomic E-state index is 13.5. The quantitative estimate of drug-likeness (QED) is 0.232. The van der Waals surface area contributed by atoms with Gasteiger partial charge in [0.15, 0.2) is 22.5 Å². The Labute approximate surface area is 243 Å². The number of benzene rings is 3. The fraction of sp³-hybridized carbons (Fsp3) is 0.214. The molecule has 42 heavy (non-hydrogen) atoms. The van der Waals surface area contributed by atoms with Crippen molar-refractivity contribution in [2.24, 2.45) is 0 Å². The lowest BCUT2D eigenvalue weighted by atomic mass is 10.2. The summed E-state index contributed by atoms with van der Waals surface area (Å²) in [5, 5.41) is 13.8. The number of methoxy groups -OCH3 is 3.